The number of halogens is 1. The zero-order valence-electron chi connectivity index (χ0n) is 13.4. The first-order chi connectivity index (χ1) is 12.1. The fraction of sp³-hybridized carbons (Fsp3) is 0.167. The Morgan fingerprint density at radius 3 is 2.60 bits per heavy atom. The lowest BCUT2D eigenvalue weighted by atomic mass is 10.2. The summed E-state index contributed by atoms with van der Waals surface area (Å²) < 4.78 is 8.61. The molecule has 3 aromatic rings. The van der Waals surface area contributed by atoms with Crippen LogP contribution in [0.3, 0.4) is 0 Å². The smallest absolute Gasteiger partial charge is 0.334 e. The van der Waals surface area contributed by atoms with E-state index in [4.69, 9.17) is 4.74 Å². The van der Waals surface area contributed by atoms with Gasteiger partial charge in [0, 0.05) is 4.47 Å². The Kier molecular flexibility index (Phi) is 4.72. The number of imidazole rings is 1. The van der Waals surface area contributed by atoms with Crippen molar-refractivity contribution < 1.29 is 9.53 Å². The normalized spacial score (nSPS) is 10.6. The molecule has 0 aliphatic rings. The first kappa shape index (κ1) is 17.0. The molecule has 2 aromatic carbocycles. The molecule has 0 saturated carbocycles. The SMILES string of the molecule is CCOC(=O)Cn1c(=O)n(-c2ccc(Br)cc2)c2c(C#N)cccc21. The van der Waals surface area contributed by atoms with Gasteiger partial charge in [0.15, 0.2) is 0 Å². The Balaban J connectivity index is 2.31. The number of para-hydroxylation sites is 1. The number of carbonyl (C=O) groups is 1. The summed E-state index contributed by atoms with van der Waals surface area (Å²) in [7, 11) is 0. The maximum absolute atomic E-state index is 13.0. The van der Waals surface area contributed by atoms with Crippen LogP contribution in [-0.2, 0) is 16.1 Å². The zero-order valence-corrected chi connectivity index (χ0v) is 15.0. The Bertz CT molecular complexity index is 1040. The molecule has 126 valence electrons. The third-order valence-electron chi connectivity index (χ3n) is 3.75. The minimum Gasteiger partial charge on any atom is -0.465 e. The predicted molar refractivity (Wildman–Crippen MR) is 96.6 cm³/mol. The molecule has 0 aliphatic heterocycles. The van der Waals surface area contributed by atoms with Crippen molar-refractivity contribution in [1.29, 1.82) is 5.26 Å². The van der Waals surface area contributed by atoms with Crippen molar-refractivity contribution in [1.82, 2.24) is 9.13 Å². The molecule has 25 heavy (non-hydrogen) atoms. The Hall–Kier alpha value is -2.85. The molecule has 0 unspecified atom stereocenters. The van der Waals surface area contributed by atoms with Crippen LogP contribution in [-0.4, -0.2) is 21.7 Å². The number of carbonyl (C=O) groups excluding carboxylic acids is 1. The van der Waals surface area contributed by atoms with Crippen LogP contribution >= 0.6 is 15.9 Å². The Morgan fingerprint density at radius 1 is 1.24 bits per heavy atom. The molecule has 0 N–H and O–H groups in total. The summed E-state index contributed by atoms with van der Waals surface area (Å²) in [5, 5.41) is 9.44. The average molecular weight is 400 g/mol. The molecule has 0 amide bonds. The minimum atomic E-state index is -0.498. The van der Waals surface area contributed by atoms with Crippen LogP contribution < -0.4 is 5.69 Å². The van der Waals surface area contributed by atoms with Gasteiger partial charge in [-0.25, -0.2) is 4.79 Å². The first-order valence-electron chi connectivity index (χ1n) is 7.62. The minimum absolute atomic E-state index is 0.207. The van der Waals surface area contributed by atoms with E-state index < -0.39 is 11.7 Å². The molecular weight excluding hydrogens is 386 g/mol. The second-order valence-corrected chi connectivity index (χ2v) is 6.19. The number of hydrogen-bond acceptors (Lipinski definition) is 4. The van der Waals surface area contributed by atoms with Gasteiger partial charge in [0.1, 0.15) is 12.6 Å². The molecule has 1 heterocycles. The van der Waals surface area contributed by atoms with Gasteiger partial charge in [-0.3, -0.25) is 13.9 Å². The number of ether oxygens (including phenoxy) is 1. The van der Waals surface area contributed by atoms with Crippen molar-refractivity contribution in [3.63, 3.8) is 0 Å². The number of esters is 1. The molecule has 0 atom stereocenters. The molecule has 0 saturated heterocycles. The van der Waals surface area contributed by atoms with Gasteiger partial charge < -0.3 is 4.74 Å². The van der Waals surface area contributed by atoms with Crippen LogP contribution in [0.4, 0.5) is 0 Å². The van der Waals surface area contributed by atoms with Crippen molar-refractivity contribution in [3.05, 3.63) is 63.0 Å². The van der Waals surface area contributed by atoms with Crippen molar-refractivity contribution in [2.24, 2.45) is 0 Å². The van der Waals surface area contributed by atoms with Gasteiger partial charge in [-0.05, 0) is 43.3 Å². The van der Waals surface area contributed by atoms with Gasteiger partial charge in [0.25, 0.3) is 0 Å². The van der Waals surface area contributed by atoms with Crippen LogP contribution in [0, 0.1) is 11.3 Å². The zero-order chi connectivity index (χ0) is 18.0. The monoisotopic (exact) mass is 399 g/mol. The maximum atomic E-state index is 13.0. The van der Waals surface area contributed by atoms with Crippen molar-refractivity contribution in [2.45, 2.75) is 13.5 Å². The second kappa shape index (κ2) is 6.95. The van der Waals surface area contributed by atoms with Crippen molar-refractivity contribution in [3.8, 4) is 11.8 Å². The van der Waals surface area contributed by atoms with E-state index >= 15 is 0 Å². The van der Waals surface area contributed by atoms with Crippen LogP contribution in [0.1, 0.15) is 12.5 Å². The molecule has 0 spiro atoms. The quantitative estimate of drug-likeness (QED) is 0.631. The van der Waals surface area contributed by atoms with E-state index in [-0.39, 0.29) is 13.2 Å². The average Bonchev–Trinajstić information content (AvgIpc) is 2.88. The standard InChI is InChI=1S/C18H14BrN3O3/c1-2-25-16(23)11-21-15-5-3-4-12(10-20)17(15)22(18(21)24)14-8-6-13(19)7-9-14/h3-9H,2,11H2,1H3. The topological polar surface area (TPSA) is 77.0 Å². The van der Waals surface area contributed by atoms with E-state index in [0.717, 1.165) is 4.47 Å². The Labute approximate surface area is 152 Å². The molecule has 0 fully saturated rings. The highest BCUT2D eigenvalue weighted by atomic mass is 79.9. The lowest BCUT2D eigenvalue weighted by Crippen LogP contribution is -2.27. The third kappa shape index (κ3) is 3.08. The number of benzene rings is 2. The van der Waals surface area contributed by atoms with Gasteiger partial charge in [0.2, 0.25) is 0 Å². The Morgan fingerprint density at radius 2 is 1.96 bits per heavy atom. The summed E-state index contributed by atoms with van der Waals surface area (Å²) in [6, 6.07) is 14.3. The van der Waals surface area contributed by atoms with Crippen molar-refractivity contribution >= 4 is 32.9 Å². The van der Waals surface area contributed by atoms with Crippen molar-refractivity contribution in [2.75, 3.05) is 6.61 Å². The first-order valence-corrected chi connectivity index (χ1v) is 8.42. The number of nitrogens with zero attached hydrogens (tertiary/aromatic N) is 3. The highest BCUT2D eigenvalue weighted by Crippen LogP contribution is 2.22. The lowest BCUT2D eigenvalue weighted by molar-refractivity contribution is -0.143. The molecule has 6 nitrogen and oxygen atoms in total. The molecule has 0 bridgehead atoms. The summed E-state index contributed by atoms with van der Waals surface area (Å²) in [5.41, 5.74) is 1.57. The van der Waals surface area contributed by atoms with Gasteiger partial charge in [0.05, 0.1) is 28.9 Å². The second-order valence-electron chi connectivity index (χ2n) is 5.27. The molecule has 0 aliphatic carbocycles. The van der Waals surface area contributed by atoms with E-state index in [9.17, 15) is 14.9 Å². The van der Waals surface area contributed by atoms with Crippen LogP contribution in [0.15, 0.2) is 51.7 Å². The summed E-state index contributed by atoms with van der Waals surface area (Å²) >= 11 is 3.36. The summed E-state index contributed by atoms with van der Waals surface area (Å²) in [4.78, 5) is 24.9. The molecule has 0 radical (unpaired) electrons. The highest BCUT2D eigenvalue weighted by Gasteiger charge is 2.19. The summed E-state index contributed by atoms with van der Waals surface area (Å²) in [6.07, 6.45) is 0. The largest absolute Gasteiger partial charge is 0.465 e. The molecular formula is C18H14BrN3O3. The van der Waals surface area contributed by atoms with Crippen LogP contribution in [0.2, 0.25) is 0 Å². The molecule has 1 aromatic heterocycles. The van der Waals surface area contributed by atoms with Gasteiger partial charge in [-0.1, -0.05) is 22.0 Å². The van der Waals surface area contributed by atoms with E-state index in [1.807, 2.05) is 12.1 Å². The molecule has 7 heteroatoms. The predicted octanol–water partition coefficient (Wildman–Crippen LogP) is 2.99. The van der Waals surface area contributed by atoms with Crippen LogP contribution in [0.5, 0.6) is 0 Å². The van der Waals surface area contributed by atoms with Crippen LogP contribution in [0.25, 0.3) is 16.7 Å². The number of aromatic nitrogens is 2. The van der Waals surface area contributed by atoms with Gasteiger partial charge in [-0.15, -0.1) is 0 Å². The van der Waals surface area contributed by atoms with Gasteiger partial charge >= 0.3 is 11.7 Å². The number of hydrogen-bond donors (Lipinski definition) is 0. The fourth-order valence-electron chi connectivity index (χ4n) is 2.71. The van der Waals surface area contributed by atoms with E-state index in [0.29, 0.717) is 22.3 Å². The maximum Gasteiger partial charge on any atom is 0.334 e. The number of fused-ring (bicyclic) bond motifs is 1. The number of nitriles is 1. The highest BCUT2D eigenvalue weighted by molar-refractivity contribution is 9.10. The number of rotatable bonds is 4. The fourth-order valence-corrected chi connectivity index (χ4v) is 2.98. The third-order valence-corrected chi connectivity index (χ3v) is 4.28. The van der Waals surface area contributed by atoms with E-state index in [2.05, 4.69) is 22.0 Å². The van der Waals surface area contributed by atoms with Gasteiger partial charge in [-0.2, -0.15) is 5.26 Å². The summed E-state index contributed by atoms with van der Waals surface area (Å²) in [6.45, 7) is 1.74. The summed E-state index contributed by atoms with van der Waals surface area (Å²) in [5.74, 6) is -0.498. The lowest BCUT2D eigenvalue weighted by Gasteiger charge is -2.04. The van der Waals surface area contributed by atoms with E-state index in [1.165, 1.54) is 9.13 Å². The van der Waals surface area contributed by atoms with E-state index in [1.54, 1.807) is 37.3 Å². The molecule has 3 rings (SSSR count).